The van der Waals surface area contributed by atoms with Gasteiger partial charge in [-0.05, 0) is 48.5 Å². The molecule has 1 heterocycles. The van der Waals surface area contributed by atoms with Gasteiger partial charge in [-0.15, -0.1) is 0 Å². The first-order valence-electron chi connectivity index (χ1n) is 9.28. The van der Waals surface area contributed by atoms with E-state index in [1.165, 1.54) is 52.8 Å². The number of carbonyl (C=O) groups is 1. The van der Waals surface area contributed by atoms with Gasteiger partial charge in [0.05, 0.1) is 30.1 Å². The maximum Gasteiger partial charge on any atom is 0.245 e. The van der Waals surface area contributed by atoms with Gasteiger partial charge in [0.15, 0.2) is 0 Å². The number of amides is 1. The van der Waals surface area contributed by atoms with Crippen LogP contribution in [0.15, 0.2) is 53.4 Å². The summed E-state index contributed by atoms with van der Waals surface area (Å²) in [4.78, 5) is 12.6. The van der Waals surface area contributed by atoms with Crippen molar-refractivity contribution in [1.29, 1.82) is 0 Å². The molecule has 0 atom stereocenters. The van der Waals surface area contributed by atoms with Gasteiger partial charge in [0, 0.05) is 23.8 Å². The van der Waals surface area contributed by atoms with Crippen molar-refractivity contribution in [2.45, 2.75) is 4.90 Å². The lowest BCUT2D eigenvalue weighted by molar-refractivity contribution is -0.114. The Morgan fingerprint density at radius 3 is 2.16 bits per heavy atom. The summed E-state index contributed by atoms with van der Waals surface area (Å²) in [6.45, 7) is 0.809. The number of morpholine rings is 1. The van der Waals surface area contributed by atoms with Gasteiger partial charge in [-0.25, -0.2) is 16.8 Å². The third-order valence-electron chi connectivity index (χ3n) is 4.55. The number of rotatable bonds is 7. The number of ether oxygens (including phenoxy) is 1. The molecule has 0 saturated carbocycles. The fourth-order valence-electron chi connectivity index (χ4n) is 2.98. The molecule has 168 valence electrons. The molecular formula is C19H22ClN3O6S2. The minimum Gasteiger partial charge on any atom is -0.379 e. The average molecular weight is 488 g/mol. The van der Waals surface area contributed by atoms with Crippen LogP contribution < -0.4 is 9.62 Å². The molecule has 1 amide bonds. The molecule has 9 nitrogen and oxygen atoms in total. The molecule has 1 saturated heterocycles. The van der Waals surface area contributed by atoms with Crippen LogP contribution in [0.3, 0.4) is 0 Å². The Bertz CT molecular complexity index is 1130. The summed E-state index contributed by atoms with van der Waals surface area (Å²) < 4.78 is 57.1. The normalized spacial score (nSPS) is 15.4. The van der Waals surface area contributed by atoms with E-state index < -0.39 is 32.5 Å². The lowest BCUT2D eigenvalue weighted by atomic mass is 10.3. The van der Waals surface area contributed by atoms with E-state index in [4.69, 9.17) is 16.3 Å². The predicted molar refractivity (Wildman–Crippen MR) is 118 cm³/mol. The lowest BCUT2D eigenvalue weighted by Gasteiger charge is -2.26. The van der Waals surface area contributed by atoms with Crippen LogP contribution in [0.2, 0.25) is 5.02 Å². The number of anilines is 2. The molecule has 0 aromatic heterocycles. The number of halogens is 1. The average Bonchev–Trinajstić information content (AvgIpc) is 2.73. The van der Waals surface area contributed by atoms with E-state index in [1.807, 2.05) is 0 Å². The molecule has 3 rings (SSSR count). The predicted octanol–water partition coefficient (Wildman–Crippen LogP) is 1.77. The second kappa shape index (κ2) is 9.53. The third kappa shape index (κ3) is 5.95. The SMILES string of the molecule is CS(=O)(=O)N(CC(=O)Nc1ccc(S(=O)(=O)N2CCOCC2)cc1)c1ccc(Cl)cc1. The van der Waals surface area contributed by atoms with Crippen molar-refractivity contribution in [3.05, 3.63) is 53.6 Å². The van der Waals surface area contributed by atoms with E-state index in [0.29, 0.717) is 29.6 Å². The quantitative estimate of drug-likeness (QED) is 0.636. The topological polar surface area (TPSA) is 113 Å². The number of sulfonamides is 2. The molecule has 0 radical (unpaired) electrons. The number of carbonyl (C=O) groups excluding carboxylic acids is 1. The van der Waals surface area contributed by atoms with Crippen molar-refractivity contribution in [2.24, 2.45) is 0 Å². The molecule has 0 spiro atoms. The molecule has 0 unspecified atom stereocenters. The zero-order chi connectivity index (χ0) is 22.6. The smallest absolute Gasteiger partial charge is 0.245 e. The van der Waals surface area contributed by atoms with Crippen molar-refractivity contribution in [3.63, 3.8) is 0 Å². The summed E-state index contributed by atoms with van der Waals surface area (Å²) in [7, 11) is -7.37. The Morgan fingerprint density at radius 2 is 1.61 bits per heavy atom. The largest absolute Gasteiger partial charge is 0.379 e. The number of benzene rings is 2. The molecule has 0 bridgehead atoms. The van der Waals surface area contributed by atoms with Gasteiger partial charge in [0.2, 0.25) is 26.0 Å². The minimum absolute atomic E-state index is 0.103. The first kappa shape index (κ1) is 23.5. The summed E-state index contributed by atoms with van der Waals surface area (Å²) in [5.74, 6) is -0.579. The van der Waals surface area contributed by atoms with Gasteiger partial charge in [0.1, 0.15) is 6.54 Å². The number of hydrogen-bond acceptors (Lipinski definition) is 6. The molecule has 2 aromatic carbocycles. The first-order chi connectivity index (χ1) is 14.6. The zero-order valence-corrected chi connectivity index (χ0v) is 19.1. The van der Waals surface area contributed by atoms with Crippen LogP contribution in [0.4, 0.5) is 11.4 Å². The van der Waals surface area contributed by atoms with Crippen molar-refractivity contribution in [3.8, 4) is 0 Å². The Morgan fingerprint density at radius 1 is 1.03 bits per heavy atom. The van der Waals surface area contributed by atoms with Crippen molar-refractivity contribution >= 4 is 48.9 Å². The summed E-state index contributed by atoms with van der Waals surface area (Å²) in [5, 5.41) is 3.02. The van der Waals surface area contributed by atoms with Crippen molar-refractivity contribution in [2.75, 3.05) is 48.7 Å². The van der Waals surface area contributed by atoms with E-state index in [0.717, 1.165) is 10.6 Å². The van der Waals surface area contributed by atoms with Crippen LogP contribution in [0.1, 0.15) is 0 Å². The van der Waals surface area contributed by atoms with Gasteiger partial charge in [-0.3, -0.25) is 9.10 Å². The van der Waals surface area contributed by atoms with Crippen molar-refractivity contribution < 1.29 is 26.4 Å². The molecule has 1 aliphatic heterocycles. The molecule has 1 N–H and O–H groups in total. The maximum absolute atomic E-state index is 12.7. The van der Waals surface area contributed by atoms with E-state index in [2.05, 4.69) is 5.32 Å². The fourth-order valence-corrected chi connectivity index (χ4v) is 5.37. The van der Waals surface area contributed by atoms with Crippen LogP contribution in [0, 0.1) is 0 Å². The van der Waals surface area contributed by atoms with Gasteiger partial charge in [-0.2, -0.15) is 4.31 Å². The molecule has 1 fully saturated rings. The van der Waals surface area contributed by atoms with E-state index in [1.54, 1.807) is 0 Å². The van der Waals surface area contributed by atoms with Gasteiger partial charge in [-0.1, -0.05) is 11.6 Å². The van der Waals surface area contributed by atoms with E-state index in [-0.39, 0.29) is 18.0 Å². The fraction of sp³-hybridized carbons (Fsp3) is 0.316. The summed E-state index contributed by atoms with van der Waals surface area (Å²) in [6.07, 6.45) is 1.00. The third-order valence-corrected chi connectivity index (χ3v) is 7.85. The second-order valence-electron chi connectivity index (χ2n) is 6.84. The molecule has 1 aliphatic rings. The minimum atomic E-state index is -3.72. The first-order valence-corrected chi connectivity index (χ1v) is 12.9. The highest BCUT2D eigenvalue weighted by Crippen LogP contribution is 2.22. The van der Waals surface area contributed by atoms with E-state index in [9.17, 15) is 21.6 Å². The number of nitrogens with zero attached hydrogens (tertiary/aromatic N) is 2. The highest BCUT2D eigenvalue weighted by atomic mass is 35.5. The molecular weight excluding hydrogens is 466 g/mol. The van der Waals surface area contributed by atoms with Crippen LogP contribution in [-0.4, -0.2) is 66.2 Å². The highest BCUT2D eigenvalue weighted by molar-refractivity contribution is 7.92. The summed E-state index contributed by atoms with van der Waals surface area (Å²) in [5.41, 5.74) is 0.643. The van der Waals surface area contributed by atoms with Crippen LogP contribution in [-0.2, 0) is 29.6 Å². The molecule has 2 aromatic rings. The lowest BCUT2D eigenvalue weighted by Crippen LogP contribution is -2.40. The summed E-state index contributed by atoms with van der Waals surface area (Å²) in [6, 6.07) is 11.8. The Hall–Kier alpha value is -2.18. The van der Waals surface area contributed by atoms with Crippen LogP contribution >= 0.6 is 11.6 Å². The number of nitrogens with one attached hydrogen (secondary N) is 1. The number of hydrogen-bond donors (Lipinski definition) is 1. The Labute approximate surface area is 186 Å². The van der Waals surface area contributed by atoms with E-state index >= 15 is 0 Å². The highest BCUT2D eigenvalue weighted by Gasteiger charge is 2.26. The maximum atomic E-state index is 12.7. The monoisotopic (exact) mass is 487 g/mol. The van der Waals surface area contributed by atoms with Gasteiger partial charge >= 0.3 is 0 Å². The zero-order valence-electron chi connectivity index (χ0n) is 16.7. The summed E-state index contributed by atoms with van der Waals surface area (Å²) >= 11 is 5.84. The van der Waals surface area contributed by atoms with Crippen LogP contribution in [0.25, 0.3) is 0 Å². The Balaban J connectivity index is 1.70. The van der Waals surface area contributed by atoms with Crippen molar-refractivity contribution in [1.82, 2.24) is 4.31 Å². The molecule has 0 aliphatic carbocycles. The van der Waals surface area contributed by atoms with Crippen LogP contribution in [0.5, 0.6) is 0 Å². The second-order valence-corrected chi connectivity index (χ2v) is 11.1. The molecule has 31 heavy (non-hydrogen) atoms. The standard InChI is InChI=1S/C19H22ClN3O6S2/c1-30(25,26)23(17-6-2-15(20)3-7-17)14-19(24)21-16-4-8-18(9-5-16)31(27,28)22-10-12-29-13-11-22/h2-9H,10-14H2,1H3,(H,21,24). The van der Waals surface area contributed by atoms with Gasteiger partial charge in [0.25, 0.3) is 0 Å². The van der Waals surface area contributed by atoms with Gasteiger partial charge < -0.3 is 10.1 Å². The molecule has 12 heteroatoms. The Kier molecular flexibility index (Phi) is 7.22.